The third-order valence-corrected chi connectivity index (χ3v) is 2.70. The highest BCUT2D eigenvalue weighted by Crippen LogP contribution is 2.29. The topological polar surface area (TPSA) is 29.1 Å². The molecule has 0 bridgehead atoms. The second-order valence-corrected chi connectivity index (χ2v) is 3.69. The molecule has 1 heterocycles. The van der Waals surface area contributed by atoms with E-state index < -0.39 is 0 Å². The summed E-state index contributed by atoms with van der Waals surface area (Å²) in [6.45, 7) is 1.90. The van der Waals surface area contributed by atoms with Crippen LogP contribution in [0.15, 0.2) is 24.3 Å². The van der Waals surface area contributed by atoms with Crippen LogP contribution in [0.25, 0.3) is 0 Å². The zero-order chi connectivity index (χ0) is 10.1. The number of halogens is 1. The number of rotatable bonds is 1. The van der Waals surface area contributed by atoms with Gasteiger partial charge in [0.05, 0.1) is 0 Å². The van der Waals surface area contributed by atoms with E-state index in [2.05, 4.69) is 5.32 Å². The van der Waals surface area contributed by atoms with Crippen LogP contribution in [0.2, 0.25) is 0 Å². The molecule has 1 fully saturated rings. The van der Waals surface area contributed by atoms with Crippen LogP contribution in [-0.4, -0.2) is 11.9 Å². The Labute approximate surface area is 82.1 Å². The standard InChI is InChI=1S/C11H12FNO/c1-7-9(6-11(14)13-7)8-4-2-3-5-10(8)12/h2-5,7,9H,6H2,1H3,(H,13,14). The molecular formula is C11H12FNO. The van der Waals surface area contributed by atoms with Gasteiger partial charge in [-0.1, -0.05) is 18.2 Å². The van der Waals surface area contributed by atoms with E-state index in [1.165, 1.54) is 6.07 Å². The van der Waals surface area contributed by atoms with Gasteiger partial charge in [-0.25, -0.2) is 4.39 Å². The summed E-state index contributed by atoms with van der Waals surface area (Å²) < 4.78 is 13.4. The van der Waals surface area contributed by atoms with Crippen LogP contribution in [-0.2, 0) is 4.79 Å². The molecule has 1 aromatic rings. The molecule has 3 heteroatoms. The fourth-order valence-electron chi connectivity index (χ4n) is 1.95. The first-order chi connectivity index (χ1) is 6.68. The Balaban J connectivity index is 2.32. The molecule has 1 aromatic carbocycles. The van der Waals surface area contributed by atoms with E-state index in [4.69, 9.17) is 0 Å². The minimum absolute atomic E-state index is 0.00533. The number of hydrogen-bond donors (Lipinski definition) is 1. The first-order valence-electron chi connectivity index (χ1n) is 4.72. The molecule has 14 heavy (non-hydrogen) atoms. The zero-order valence-corrected chi connectivity index (χ0v) is 7.96. The van der Waals surface area contributed by atoms with Crippen molar-refractivity contribution in [2.24, 2.45) is 0 Å². The molecule has 2 atom stereocenters. The monoisotopic (exact) mass is 193 g/mol. The van der Waals surface area contributed by atoms with Crippen LogP contribution in [0.3, 0.4) is 0 Å². The van der Waals surface area contributed by atoms with Crippen LogP contribution in [0.5, 0.6) is 0 Å². The lowest BCUT2D eigenvalue weighted by molar-refractivity contribution is -0.119. The molecule has 2 rings (SSSR count). The average molecular weight is 193 g/mol. The lowest BCUT2D eigenvalue weighted by Crippen LogP contribution is -2.24. The van der Waals surface area contributed by atoms with Gasteiger partial charge >= 0.3 is 0 Å². The number of carbonyl (C=O) groups excluding carboxylic acids is 1. The number of benzene rings is 1. The smallest absolute Gasteiger partial charge is 0.220 e. The van der Waals surface area contributed by atoms with Gasteiger partial charge in [-0.2, -0.15) is 0 Å². The molecule has 74 valence electrons. The minimum Gasteiger partial charge on any atom is -0.353 e. The maximum absolute atomic E-state index is 13.4. The summed E-state index contributed by atoms with van der Waals surface area (Å²) in [5, 5.41) is 2.79. The molecule has 0 spiro atoms. The molecule has 0 radical (unpaired) electrons. The van der Waals surface area contributed by atoms with E-state index in [1.807, 2.05) is 6.92 Å². The molecule has 1 aliphatic heterocycles. The van der Waals surface area contributed by atoms with Crippen molar-refractivity contribution in [3.05, 3.63) is 35.6 Å². The number of amides is 1. The summed E-state index contributed by atoms with van der Waals surface area (Å²) in [5.41, 5.74) is 0.637. The van der Waals surface area contributed by atoms with Gasteiger partial charge in [0.1, 0.15) is 5.82 Å². The summed E-state index contributed by atoms with van der Waals surface area (Å²) in [4.78, 5) is 11.1. The number of nitrogens with one attached hydrogen (secondary N) is 1. The largest absolute Gasteiger partial charge is 0.353 e. The molecule has 1 amide bonds. The highest BCUT2D eigenvalue weighted by atomic mass is 19.1. The van der Waals surface area contributed by atoms with Crippen LogP contribution in [0, 0.1) is 5.82 Å². The van der Waals surface area contributed by atoms with E-state index in [1.54, 1.807) is 18.2 Å². The van der Waals surface area contributed by atoms with Gasteiger partial charge in [-0.05, 0) is 18.6 Å². The van der Waals surface area contributed by atoms with Gasteiger partial charge in [0, 0.05) is 18.4 Å². The SMILES string of the molecule is CC1NC(=O)CC1c1ccccc1F. The Morgan fingerprint density at radius 2 is 2.14 bits per heavy atom. The predicted molar refractivity (Wildman–Crippen MR) is 51.4 cm³/mol. The van der Waals surface area contributed by atoms with Crippen molar-refractivity contribution in [1.82, 2.24) is 5.32 Å². The van der Waals surface area contributed by atoms with Gasteiger partial charge in [0.25, 0.3) is 0 Å². The van der Waals surface area contributed by atoms with E-state index >= 15 is 0 Å². The molecular weight excluding hydrogens is 181 g/mol. The maximum atomic E-state index is 13.4. The highest BCUT2D eigenvalue weighted by molar-refractivity contribution is 5.80. The fourth-order valence-corrected chi connectivity index (χ4v) is 1.95. The van der Waals surface area contributed by atoms with Gasteiger partial charge < -0.3 is 5.32 Å². The summed E-state index contributed by atoms with van der Waals surface area (Å²) in [5.74, 6) is -0.240. The van der Waals surface area contributed by atoms with Gasteiger partial charge in [-0.15, -0.1) is 0 Å². The molecule has 0 aromatic heterocycles. The lowest BCUT2D eigenvalue weighted by atomic mass is 9.92. The third-order valence-electron chi connectivity index (χ3n) is 2.70. The third kappa shape index (κ3) is 1.50. The molecule has 0 aliphatic carbocycles. The predicted octanol–water partition coefficient (Wildman–Crippen LogP) is 1.82. The normalized spacial score (nSPS) is 26.3. The highest BCUT2D eigenvalue weighted by Gasteiger charge is 2.31. The molecule has 1 aliphatic rings. The van der Waals surface area contributed by atoms with Crippen molar-refractivity contribution in [2.75, 3.05) is 0 Å². The van der Waals surface area contributed by atoms with E-state index in [0.29, 0.717) is 12.0 Å². The summed E-state index contributed by atoms with van der Waals surface area (Å²) in [6, 6.07) is 6.67. The maximum Gasteiger partial charge on any atom is 0.220 e. The molecule has 2 nitrogen and oxygen atoms in total. The molecule has 1 saturated heterocycles. The fraction of sp³-hybridized carbons (Fsp3) is 0.364. The first-order valence-corrected chi connectivity index (χ1v) is 4.72. The minimum atomic E-state index is -0.221. The van der Waals surface area contributed by atoms with Crippen molar-refractivity contribution < 1.29 is 9.18 Å². The van der Waals surface area contributed by atoms with Crippen molar-refractivity contribution in [1.29, 1.82) is 0 Å². The number of hydrogen-bond acceptors (Lipinski definition) is 1. The van der Waals surface area contributed by atoms with E-state index in [-0.39, 0.29) is 23.7 Å². The van der Waals surface area contributed by atoms with Gasteiger partial charge in [0.15, 0.2) is 0 Å². The Kier molecular flexibility index (Phi) is 2.23. The van der Waals surface area contributed by atoms with Crippen LogP contribution in [0.1, 0.15) is 24.8 Å². The average Bonchev–Trinajstić information content (AvgIpc) is 2.46. The Bertz CT molecular complexity index is 364. The summed E-state index contributed by atoms with van der Waals surface area (Å²) in [6.07, 6.45) is 0.391. The van der Waals surface area contributed by atoms with Crippen molar-refractivity contribution in [2.45, 2.75) is 25.3 Å². The van der Waals surface area contributed by atoms with Gasteiger partial charge in [-0.3, -0.25) is 4.79 Å². The van der Waals surface area contributed by atoms with Crippen molar-refractivity contribution >= 4 is 5.91 Å². The summed E-state index contributed by atoms with van der Waals surface area (Å²) in [7, 11) is 0. The van der Waals surface area contributed by atoms with Gasteiger partial charge in [0.2, 0.25) is 5.91 Å². The van der Waals surface area contributed by atoms with Crippen LogP contribution in [0.4, 0.5) is 4.39 Å². The first kappa shape index (κ1) is 9.19. The number of carbonyl (C=O) groups is 1. The summed E-state index contributed by atoms with van der Waals surface area (Å²) >= 11 is 0. The zero-order valence-electron chi connectivity index (χ0n) is 7.96. The molecule has 2 unspecified atom stereocenters. The lowest BCUT2D eigenvalue weighted by Gasteiger charge is -2.14. The van der Waals surface area contributed by atoms with Crippen molar-refractivity contribution in [3.63, 3.8) is 0 Å². The quantitative estimate of drug-likeness (QED) is 0.724. The van der Waals surface area contributed by atoms with Crippen LogP contribution >= 0.6 is 0 Å². The second-order valence-electron chi connectivity index (χ2n) is 3.69. The Hall–Kier alpha value is -1.38. The van der Waals surface area contributed by atoms with Crippen LogP contribution < -0.4 is 5.32 Å². The van der Waals surface area contributed by atoms with E-state index in [9.17, 15) is 9.18 Å². The Morgan fingerprint density at radius 3 is 2.71 bits per heavy atom. The molecule has 0 saturated carbocycles. The van der Waals surface area contributed by atoms with Crippen molar-refractivity contribution in [3.8, 4) is 0 Å². The molecule has 1 N–H and O–H groups in total. The Morgan fingerprint density at radius 1 is 1.43 bits per heavy atom. The van der Waals surface area contributed by atoms with E-state index in [0.717, 1.165) is 0 Å². The second kappa shape index (κ2) is 3.40.